The fourth-order valence-electron chi connectivity index (χ4n) is 2.56. The molecule has 1 aromatic carbocycles. The highest BCUT2D eigenvalue weighted by Crippen LogP contribution is 2.36. The van der Waals surface area contributed by atoms with Crippen LogP contribution >= 0.6 is 15.9 Å². The first-order valence-electron chi connectivity index (χ1n) is 7.95. The van der Waals surface area contributed by atoms with Gasteiger partial charge in [-0.2, -0.15) is 0 Å². The van der Waals surface area contributed by atoms with Gasteiger partial charge < -0.3 is 9.84 Å². The van der Waals surface area contributed by atoms with Crippen molar-refractivity contribution >= 4 is 27.0 Å². The lowest BCUT2D eigenvalue weighted by Crippen LogP contribution is -2.01. The van der Waals surface area contributed by atoms with Crippen LogP contribution in [0.15, 0.2) is 34.9 Å². The monoisotopic (exact) mass is 388 g/mol. The van der Waals surface area contributed by atoms with Gasteiger partial charge in [0.15, 0.2) is 0 Å². The zero-order valence-electron chi connectivity index (χ0n) is 13.2. The summed E-state index contributed by atoms with van der Waals surface area (Å²) < 4.78 is 8.56. The molecule has 1 saturated carbocycles. The van der Waals surface area contributed by atoms with Crippen LogP contribution in [0.2, 0.25) is 0 Å². The van der Waals surface area contributed by atoms with Gasteiger partial charge in [0.25, 0.3) is 0 Å². The number of fused-ring (bicyclic) bond motifs is 1. The second-order valence-corrected chi connectivity index (χ2v) is 6.96. The summed E-state index contributed by atoms with van der Waals surface area (Å²) in [6, 6.07) is 7.40. The van der Waals surface area contributed by atoms with Gasteiger partial charge in [-0.25, -0.2) is 9.67 Å². The summed E-state index contributed by atoms with van der Waals surface area (Å²) in [5.41, 5.74) is 2.53. The number of benzene rings is 1. The van der Waals surface area contributed by atoms with Crippen molar-refractivity contribution in [2.45, 2.75) is 32.4 Å². The number of aliphatic hydroxyl groups excluding tert-OH is 1. The van der Waals surface area contributed by atoms with Crippen molar-refractivity contribution in [1.29, 1.82) is 0 Å². The van der Waals surface area contributed by atoms with Gasteiger partial charge in [0.1, 0.15) is 11.3 Å². The van der Waals surface area contributed by atoms with E-state index in [1.807, 2.05) is 16.8 Å². The van der Waals surface area contributed by atoms with Gasteiger partial charge in [0, 0.05) is 18.8 Å². The maximum absolute atomic E-state index is 9.53. The molecule has 1 aliphatic carbocycles. The van der Waals surface area contributed by atoms with Crippen molar-refractivity contribution in [2.24, 2.45) is 5.92 Å². The molecule has 0 saturated heterocycles. The minimum Gasteiger partial charge on any atom is -0.438 e. The van der Waals surface area contributed by atoms with Crippen molar-refractivity contribution in [3.8, 4) is 11.6 Å². The number of aromatic nitrogens is 4. The molecule has 0 radical (unpaired) electrons. The summed E-state index contributed by atoms with van der Waals surface area (Å²) in [6.45, 7) is 2.62. The van der Waals surface area contributed by atoms with Gasteiger partial charge in [-0.05, 0) is 65.4 Å². The van der Waals surface area contributed by atoms with Gasteiger partial charge in [0.2, 0.25) is 5.88 Å². The van der Waals surface area contributed by atoms with E-state index in [4.69, 9.17) is 4.74 Å². The van der Waals surface area contributed by atoms with E-state index in [0.29, 0.717) is 11.6 Å². The molecular weight excluding hydrogens is 372 g/mol. The number of nitrogens with zero attached hydrogens (tertiary/aromatic N) is 4. The molecule has 1 unspecified atom stereocenters. The molecule has 1 atom stereocenters. The Balaban J connectivity index is 1.60. The maximum Gasteiger partial charge on any atom is 0.219 e. The molecule has 0 amide bonds. The molecule has 1 aliphatic rings. The Bertz CT molecular complexity index is 872. The maximum atomic E-state index is 9.53. The number of hydrogen-bond acceptors (Lipinski definition) is 5. The van der Waals surface area contributed by atoms with Crippen LogP contribution in [0.5, 0.6) is 11.6 Å². The molecule has 2 heterocycles. The van der Waals surface area contributed by atoms with Crippen LogP contribution in [0.3, 0.4) is 0 Å². The first kappa shape index (κ1) is 15.5. The third-order valence-corrected chi connectivity index (χ3v) is 4.94. The normalized spacial score (nSPS) is 15.6. The second-order valence-electron chi connectivity index (χ2n) is 6.17. The molecule has 2 aromatic heterocycles. The van der Waals surface area contributed by atoms with E-state index >= 15 is 0 Å². The van der Waals surface area contributed by atoms with E-state index in [1.54, 1.807) is 25.3 Å². The Labute approximate surface area is 147 Å². The Morgan fingerprint density at radius 1 is 1.33 bits per heavy atom. The Hall–Kier alpha value is -1.99. The van der Waals surface area contributed by atoms with E-state index in [-0.39, 0.29) is 0 Å². The zero-order valence-corrected chi connectivity index (χ0v) is 14.8. The van der Waals surface area contributed by atoms with Gasteiger partial charge in [0.05, 0.1) is 16.1 Å². The molecule has 4 rings (SSSR count). The van der Waals surface area contributed by atoms with Gasteiger partial charge in [-0.15, -0.1) is 5.10 Å². The Morgan fingerprint density at radius 3 is 2.83 bits per heavy atom. The van der Waals surface area contributed by atoms with Crippen LogP contribution in [0.4, 0.5) is 0 Å². The molecule has 0 spiro atoms. The molecular formula is C17H17BrN4O2. The molecule has 0 aliphatic heterocycles. The average Bonchev–Trinajstić information content (AvgIpc) is 3.30. The van der Waals surface area contributed by atoms with Gasteiger partial charge in [-0.3, -0.25) is 0 Å². The Morgan fingerprint density at radius 2 is 2.17 bits per heavy atom. The third kappa shape index (κ3) is 3.01. The smallest absolute Gasteiger partial charge is 0.219 e. The molecule has 7 heteroatoms. The minimum absolute atomic E-state index is 0.463. The van der Waals surface area contributed by atoms with Crippen LogP contribution in [0.1, 0.15) is 31.4 Å². The number of pyridine rings is 1. The zero-order chi connectivity index (χ0) is 16.7. The van der Waals surface area contributed by atoms with Crippen LogP contribution in [-0.4, -0.2) is 25.1 Å². The molecule has 124 valence electrons. The van der Waals surface area contributed by atoms with E-state index < -0.39 is 6.10 Å². The quantitative estimate of drug-likeness (QED) is 0.718. The first-order valence-corrected chi connectivity index (χ1v) is 8.74. The average molecular weight is 389 g/mol. The van der Waals surface area contributed by atoms with Gasteiger partial charge in [-0.1, -0.05) is 5.21 Å². The van der Waals surface area contributed by atoms with Crippen LogP contribution in [0, 0.1) is 5.92 Å². The van der Waals surface area contributed by atoms with Gasteiger partial charge >= 0.3 is 0 Å². The lowest BCUT2D eigenvalue weighted by molar-refractivity contribution is 0.198. The first-order chi connectivity index (χ1) is 11.6. The second kappa shape index (κ2) is 6.14. The van der Waals surface area contributed by atoms with Crippen LogP contribution in [0.25, 0.3) is 11.0 Å². The number of aliphatic hydroxyl groups is 1. The number of halogens is 1. The largest absolute Gasteiger partial charge is 0.438 e. The summed E-state index contributed by atoms with van der Waals surface area (Å²) in [7, 11) is 0. The van der Waals surface area contributed by atoms with Crippen molar-refractivity contribution in [2.75, 3.05) is 0 Å². The molecule has 1 fully saturated rings. The molecule has 24 heavy (non-hydrogen) atoms. The standard InChI is InChI=1S/C17H17BrN4O2/c1-10(23)12-4-7-15(19-8-12)24-14-6-5-13-17(16(14)18)20-21-22(13)9-11-2-3-11/h4-8,10-11,23H,2-3,9H2,1H3. The van der Waals surface area contributed by atoms with E-state index in [9.17, 15) is 5.11 Å². The highest BCUT2D eigenvalue weighted by Gasteiger charge is 2.24. The topological polar surface area (TPSA) is 73.1 Å². The van der Waals surface area contributed by atoms with Crippen LogP contribution < -0.4 is 4.74 Å². The number of ether oxygens (including phenoxy) is 1. The third-order valence-electron chi connectivity index (χ3n) is 4.17. The SMILES string of the molecule is CC(O)c1ccc(Oc2ccc3c(nnn3CC3CC3)c2Br)nc1. The summed E-state index contributed by atoms with van der Waals surface area (Å²) in [6.07, 6.45) is 3.62. The molecule has 0 bridgehead atoms. The van der Waals surface area contributed by atoms with Crippen molar-refractivity contribution in [3.63, 3.8) is 0 Å². The van der Waals surface area contributed by atoms with Crippen molar-refractivity contribution < 1.29 is 9.84 Å². The van der Waals surface area contributed by atoms with E-state index in [2.05, 4.69) is 31.2 Å². The lowest BCUT2D eigenvalue weighted by Gasteiger charge is -2.09. The fraction of sp³-hybridized carbons (Fsp3) is 0.353. The highest BCUT2D eigenvalue weighted by molar-refractivity contribution is 9.10. The Kier molecular flexibility index (Phi) is 3.97. The summed E-state index contributed by atoms with van der Waals surface area (Å²) >= 11 is 3.56. The fourth-order valence-corrected chi connectivity index (χ4v) is 3.05. The number of rotatable bonds is 5. The summed E-state index contributed by atoms with van der Waals surface area (Å²) in [4.78, 5) is 4.22. The summed E-state index contributed by atoms with van der Waals surface area (Å²) in [5, 5.41) is 18.1. The molecule has 3 aromatic rings. The van der Waals surface area contributed by atoms with Crippen molar-refractivity contribution in [3.05, 3.63) is 40.5 Å². The predicted molar refractivity (Wildman–Crippen MR) is 92.9 cm³/mol. The minimum atomic E-state index is -0.545. The molecule has 6 nitrogen and oxygen atoms in total. The lowest BCUT2D eigenvalue weighted by atomic mass is 10.2. The number of hydrogen-bond donors (Lipinski definition) is 1. The molecule has 1 N–H and O–H groups in total. The van der Waals surface area contributed by atoms with Crippen molar-refractivity contribution in [1.82, 2.24) is 20.0 Å². The van der Waals surface area contributed by atoms with Crippen LogP contribution in [-0.2, 0) is 6.54 Å². The predicted octanol–water partition coefficient (Wildman–Crippen LogP) is 3.84. The van der Waals surface area contributed by atoms with E-state index in [1.165, 1.54) is 12.8 Å². The van der Waals surface area contributed by atoms with E-state index in [0.717, 1.165) is 33.5 Å². The summed E-state index contributed by atoms with van der Waals surface area (Å²) in [5.74, 6) is 1.84. The highest BCUT2D eigenvalue weighted by atomic mass is 79.9.